The van der Waals surface area contributed by atoms with E-state index in [1.807, 2.05) is 0 Å². The smallest absolute Gasteiger partial charge is 0.0529 e. The summed E-state index contributed by atoms with van der Waals surface area (Å²) in [5.41, 5.74) is 0. The fraction of sp³-hybridized carbons (Fsp3) is 1.00. The molecule has 0 aromatic heterocycles. The van der Waals surface area contributed by atoms with Crippen LogP contribution < -0.4 is 0 Å². The molecule has 1 saturated heterocycles. The lowest BCUT2D eigenvalue weighted by atomic mass is 10.0. The van der Waals surface area contributed by atoms with Gasteiger partial charge in [-0.25, -0.2) is 0 Å². The Bertz CT molecular complexity index is 110. The summed E-state index contributed by atoms with van der Waals surface area (Å²) >= 11 is 0. The van der Waals surface area contributed by atoms with Gasteiger partial charge in [-0.3, -0.25) is 0 Å². The predicted octanol–water partition coefficient (Wildman–Crippen LogP) is 2.73. The van der Waals surface area contributed by atoms with Crippen LogP contribution in [0.5, 0.6) is 0 Å². The molecule has 0 aromatic rings. The second-order valence-electron chi connectivity index (χ2n) is 3.91. The summed E-state index contributed by atoms with van der Waals surface area (Å²) in [6.07, 6.45) is 10.8. The summed E-state index contributed by atoms with van der Waals surface area (Å²) in [7, 11) is 0.886. The lowest BCUT2D eigenvalue weighted by Gasteiger charge is -2.19. The molecule has 2 fully saturated rings. The maximum absolute atomic E-state index is 1.59. The van der Waals surface area contributed by atoms with Crippen LogP contribution >= 0.6 is 0 Å². The Kier molecular flexibility index (Phi) is 2.78. The molecule has 2 aliphatic rings. The molecule has 1 heterocycles. The van der Waals surface area contributed by atoms with Crippen molar-refractivity contribution < 1.29 is 0 Å². The second kappa shape index (κ2) is 3.84. The van der Waals surface area contributed by atoms with Crippen LogP contribution in [0.25, 0.3) is 0 Å². The normalized spacial score (nSPS) is 29.5. The Hall–Kier alpha value is 0.350. The molecule has 1 saturated carbocycles. The first kappa shape index (κ1) is 7.97. The fourth-order valence-corrected chi connectivity index (χ4v) is 5.43. The van der Waals surface area contributed by atoms with Gasteiger partial charge in [-0.2, -0.15) is 0 Å². The molecule has 0 atom stereocenters. The molecule has 0 radical (unpaired) electrons. The Morgan fingerprint density at radius 1 is 0.727 bits per heavy atom. The molecule has 0 nitrogen and oxygen atoms in total. The molecular formula is C10H19S+. The van der Waals surface area contributed by atoms with Crippen LogP contribution in [0, 0.1) is 0 Å². The minimum atomic E-state index is 0.886. The molecule has 0 amide bonds. The lowest BCUT2D eigenvalue weighted by Crippen LogP contribution is -2.25. The average Bonchev–Trinajstić information content (AvgIpc) is 2.58. The van der Waals surface area contributed by atoms with Gasteiger partial charge in [0.1, 0.15) is 16.8 Å². The Balaban J connectivity index is 1.82. The van der Waals surface area contributed by atoms with E-state index in [9.17, 15) is 0 Å². The van der Waals surface area contributed by atoms with Crippen molar-refractivity contribution in [1.29, 1.82) is 0 Å². The number of hydrogen-bond acceptors (Lipinski definition) is 0. The monoisotopic (exact) mass is 171 g/mol. The lowest BCUT2D eigenvalue weighted by molar-refractivity contribution is 0.513. The highest BCUT2D eigenvalue weighted by molar-refractivity contribution is 7.97. The maximum atomic E-state index is 1.59. The van der Waals surface area contributed by atoms with Gasteiger partial charge < -0.3 is 0 Å². The molecule has 0 spiro atoms. The van der Waals surface area contributed by atoms with Gasteiger partial charge in [-0.15, -0.1) is 0 Å². The molecule has 1 aliphatic carbocycles. The van der Waals surface area contributed by atoms with E-state index in [2.05, 4.69) is 0 Å². The largest absolute Gasteiger partial charge is 0.118 e. The molecule has 1 aliphatic heterocycles. The van der Waals surface area contributed by atoms with Crippen molar-refractivity contribution in [2.45, 2.75) is 50.2 Å². The minimum absolute atomic E-state index is 0.886. The van der Waals surface area contributed by atoms with Crippen molar-refractivity contribution in [3.05, 3.63) is 0 Å². The van der Waals surface area contributed by atoms with Gasteiger partial charge in [0, 0.05) is 0 Å². The van der Waals surface area contributed by atoms with Gasteiger partial charge in [0.05, 0.1) is 0 Å². The topological polar surface area (TPSA) is 0 Å². The maximum Gasteiger partial charge on any atom is 0.118 e. The van der Waals surface area contributed by atoms with Crippen LogP contribution in [0.2, 0.25) is 0 Å². The third-order valence-electron chi connectivity index (χ3n) is 3.09. The third kappa shape index (κ3) is 1.93. The summed E-state index contributed by atoms with van der Waals surface area (Å²) in [5, 5.41) is 1.17. The van der Waals surface area contributed by atoms with Gasteiger partial charge in [0.2, 0.25) is 0 Å². The highest BCUT2D eigenvalue weighted by atomic mass is 32.2. The van der Waals surface area contributed by atoms with Crippen LogP contribution in [0.4, 0.5) is 0 Å². The van der Waals surface area contributed by atoms with Crippen LogP contribution in [-0.4, -0.2) is 16.8 Å². The van der Waals surface area contributed by atoms with Gasteiger partial charge in [0.25, 0.3) is 0 Å². The van der Waals surface area contributed by atoms with Crippen molar-refractivity contribution in [3.63, 3.8) is 0 Å². The molecule has 1 heteroatoms. The first-order valence-corrected chi connectivity index (χ1v) is 6.76. The summed E-state index contributed by atoms with van der Waals surface area (Å²) in [4.78, 5) is 0. The summed E-state index contributed by atoms with van der Waals surface area (Å²) in [6, 6.07) is 0. The first-order valence-electron chi connectivity index (χ1n) is 5.13. The SMILES string of the molecule is C1CCC([S+]2CCCC2)CC1. The predicted molar refractivity (Wildman–Crippen MR) is 53.2 cm³/mol. The Morgan fingerprint density at radius 2 is 1.36 bits per heavy atom. The van der Waals surface area contributed by atoms with Crippen molar-refractivity contribution in [2.24, 2.45) is 0 Å². The quantitative estimate of drug-likeness (QED) is 0.532. The first-order chi connectivity index (χ1) is 5.47. The molecular weight excluding hydrogens is 152 g/mol. The van der Waals surface area contributed by atoms with Crippen LogP contribution in [0.15, 0.2) is 0 Å². The highest BCUT2D eigenvalue weighted by Gasteiger charge is 2.34. The van der Waals surface area contributed by atoms with E-state index in [0.29, 0.717) is 0 Å². The van der Waals surface area contributed by atoms with E-state index in [4.69, 9.17) is 0 Å². The van der Waals surface area contributed by atoms with E-state index in [0.717, 1.165) is 10.9 Å². The fourth-order valence-electron chi connectivity index (χ4n) is 2.41. The van der Waals surface area contributed by atoms with Gasteiger partial charge >= 0.3 is 0 Å². The van der Waals surface area contributed by atoms with E-state index in [1.54, 1.807) is 37.2 Å². The molecule has 0 aromatic carbocycles. The van der Waals surface area contributed by atoms with Crippen LogP contribution in [0.1, 0.15) is 44.9 Å². The minimum Gasteiger partial charge on any atom is -0.0529 e. The Labute approximate surface area is 73.1 Å². The second-order valence-corrected chi connectivity index (χ2v) is 6.47. The van der Waals surface area contributed by atoms with Crippen molar-refractivity contribution in [3.8, 4) is 0 Å². The van der Waals surface area contributed by atoms with E-state index < -0.39 is 0 Å². The van der Waals surface area contributed by atoms with Crippen molar-refractivity contribution in [1.82, 2.24) is 0 Å². The zero-order valence-electron chi connectivity index (χ0n) is 7.35. The molecule has 0 unspecified atom stereocenters. The number of hydrogen-bond donors (Lipinski definition) is 0. The van der Waals surface area contributed by atoms with Gasteiger partial charge in [-0.1, -0.05) is 6.42 Å². The third-order valence-corrected chi connectivity index (χ3v) is 6.13. The Morgan fingerprint density at radius 3 is 2.00 bits per heavy atom. The molecule has 64 valence electrons. The molecule has 2 rings (SSSR count). The standard InChI is InChI=1S/C10H19S/c1-2-6-10(7-3-1)11-8-4-5-9-11/h10H,1-9H2/q+1. The van der Waals surface area contributed by atoms with Crippen LogP contribution in [-0.2, 0) is 10.9 Å². The van der Waals surface area contributed by atoms with Crippen molar-refractivity contribution in [2.75, 3.05) is 11.5 Å². The summed E-state index contributed by atoms with van der Waals surface area (Å²) < 4.78 is 0. The average molecular weight is 171 g/mol. The zero-order chi connectivity index (χ0) is 7.52. The van der Waals surface area contributed by atoms with E-state index >= 15 is 0 Å². The number of rotatable bonds is 1. The molecule has 11 heavy (non-hydrogen) atoms. The molecule has 0 bridgehead atoms. The van der Waals surface area contributed by atoms with Crippen molar-refractivity contribution >= 4 is 10.9 Å². The zero-order valence-corrected chi connectivity index (χ0v) is 8.17. The highest BCUT2D eigenvalue weighted by Crippen LogP contribution is 2.29. The summed E-state index contributed by atoms with van der Waals surface area (Å²) in [6.45, 7) is 0. The van der Waals surface area contributed by atoms with E-state index in [1.165, 1.54) is 24.5 Å². The van der Waals surface area contributed by atoms with Crippen LogP contribution in [0.3, 0.4) is 0 Å². The van der Waals surface area contributed by atoms with Gasteiger partial charge in [-0.05, 0) is 49.4 Å². The van der Waals surface area contributed by atoms with E-state index in [-0.39, 0.29) is 0 Å². The molecule has 0 N–H and O–H groups in total. The van der Waals surface area contributed by atoms with Gasteiger partial charge in [0.15, 0.2) is 0 Å². The summed E-state index contributed by atoms with van der Waals surface area (Å²) in [5.74, 6) is 3.18.